The molecular weight excluding hydrogens is 634 g/mol. The van der Waals surface area contributed by atoms with E-state index in [0.29, 0.717) is 22.8 Å². The Hall–Kier alpha value is -4.36. The van der Waals surface area contributed by atoms with Gasteiger partial charge in [0.05, 0.1) is 32.5 Å². The number of aryl methyl sites for hydroxylation is 1. The van der Waals surface area contributed by atoms with E-state index in [2.05, 4.69) is 15.8 Å². The number of rotatable bonds is 12. The largest absolute Gasteiger partial charge is 0.496 e. The zero-order chi connectivity index (χ0) is 35.7. The number of benzene rings is 1. The minimum atomic E-state index is -1.14. The first-order valence-electron chi connectivity index (χ1n) is 17.0. The van der Waals surface area contributed by atoms with Gasteiger partial charge in [-0.3, -0.25) is 19.2 Å². The van der Waals surface area contributed by atoms with Gasteiger partial charge in [-0.15, -0.1) is 0 Å². The van der Waals surface area contributed by atoms with Crippen LogP contribution >= 0.6 is 0 Å². The number of amides is 4. The lowest BCUT2D eigenvalue weighted by molar-refractivity contribution is -0.143. The number of nitrogens with two attached hydrogens (primary N) is 1. The van der Waals surface area contributed by atoms with Gasteiger partial charge in [0.2, 0.25) is 17.6 Å². The van der Waals surface area contributed by atoms with E-state index in [-0.39, 0.29) is 37.8 Å². The summed E-state index contributed by atoms with van der Waals surface area (Å²) >= 11 is 0. The second-order valence-corrected chi connectivity index (χ2v) is 14.9. The van der Waals surface area contributed by atoms with Gasteiger partial charge in [0, 0.05) is 24.5 Å². The molecular formula is C35H49N5O9. The van der Waals surface area contributed by atoms with Crippen molar-refractivity contribution in [3.8, 4) is 11.5 Å². The first kappa shape index (κ1) is 35.9. The van der Waals surface area contributed by atoms with Crippen LogP contribution in [0.5, 0.6) is 11.5 Å². The summed E-state index contributed by atoms with van der Waals surface area (Å²) in [6.07, 6.45) is 4.89. The molecule has 268 valence electrons. The fraction of sp³-hybridized carbons (Fsp3) is 0.657. The summed E-state index contributed by atoms with van der Waals surface area (Å²) in [7, 11) is 3.11. The highest BCUT2D eigenvalue weighted by molar-refractivity contribution is 6.37. The number of ketones is 1. The number of nitrogens with one attached hydrogen (secondary N) is 2. The Morgan fingerprint density at radius 2 is 1.71 bits per heavy atom. The number of ether oxygens (including phenoxy) is 3. The number of hydrogen-bond donors (Lipinski definition) is 3. The number of Topliss-reactive ketones (excluding diaryl/α,β-unsaturated/α-hetero) is 1. The van der Waals surface area contributed by atoms with Crippen LogP contribution in [0.3, 0.4) is 0 Å². The molecule has 4 aliphatic rings. The van der Waals surface area contributed by atoms with Crippen molar-refractivity contribution in [3.63, 3.8) is 0 Å². The molecule has 2 aliphatic carbocycles. The van der Waals surface area contributed by atoms with E-state index in [1.807, 2.05) is 33.8 Å². The lowest BCUT2D eigenvalue weighted by atomic mass is 9.85. The first-order valence-corrected chi connectivity index (χ1v) is 17.0. The molecule has 49 heavy (non-hydrogen) atoms. The third-order valence-corrected chi connectivity index (χ3v) is 9.95. The molecule has 2 aliphatic heterocycles. The van der Waals surface area contributed by atoms with Crippen LogP contribution in [0.25, 0.3) is 0 Å². The van der Waals surface area contributed by atoms with Gasteiger partial charge in [-0.2, -0.15) is 0 Å². The van der Waals surface area contributed by atoms with Crippen molar-refractivity contribution >= 4 is 35.3 Å². The van der Waals surface area contributed by atoms with Gasteiger partial charge in [0.1, 0.15) is 29.7 Å². The van der Waals surface area contributed by atoms with Crippen molar-refractivity contribution < 1.29 is 43.0 Å². The number of methoxy groups -OCH3 is 2. The van der Waals surface area contributed by atoms with Crippen LogP contribution < -0.4 is 25.8 Å². The lowest BCUT2D eigenvalue weighted by Gasteiger charge is -2.35. The molecule has 3 fully saturated rings. The number of oxime groups is 1. The maximum atomic E-state index is 14.5. The normalized spacial score (nSPS) is 23.3. The molecule has 14 nitrogen and oxygen atoms in total. The van der Waals surface area contributed by atoms with Crippen molar-refractivity contribution in [2.24, 2.45) is 22.2 Å². The zero-order valence-corrected chi connectivity index (χ0v) is 29.3. The van der Waals surface area contributed by atoms with Crippen LogP contribution in [0.2, 0.25) is 0 Å². The van der Waals surface area contributed by atoms with Gasteiger partial charge in [-0.05, 0) is 62.0 Å². The summed E-state index contributed by atoms with van der Waals surface area (Å²) in [4.78, 5) is 73.8. The van der Waals surface area contributed by atoms with Crippen LogP contribution in [0.15, 0.2) is 17.3 Å². The molecule has 0 unspecified atom stereocenters. The molecule has 0 radical (unpaired) electrons. The van der Waals surface area contributed by atoms with E-state index in [9.17, 15) is 24.0 Å². The number of carbonyl (C=O) groups excluding carboxylic acids is 5. The summed E-state index contributed by atoms with van der Waals surface area (Å²) in [5, 5.41) is 9.92. The van der Waals surface area contributed by atoms with Crippen molar-refractivity contribution in [3.05, 3.63) is 23.3 Å². The summed E-state index contributed by atoms with van der Waals surface area (Å²) in [6.45, 7) is 7.31. The molecule has 5 rings (SSSR count). The van der Waals surface area contributed by atoms with E-state index in [1.165, 1.54) is 4.90 Å². The summed E-state index contributed by atoms with van der Waals surface area (Å²) < 4.78 is 16.7. The second-order valence-electron chi connectivity index (χ2n) is 14.9. The highest BCUT2D eigenvalue weighted by Crippen LogP contribution is 2.42. The van der Waals surface area contributed by atoms with E-state index in [1.54, 1.807) is 20.3 Å². The second kappa shape index (κ2) is 14.2. The Bertz CT molecular complexity index is 1510. The fourth-order valence-electron chi connectivity index (χ4n) is 7.04. The number of likely N-dealkylation sites (tertiary alicyclic amines) is 1. The summed E-state index contributed by atoms with van der Waals surface area (Å²) in [6, 6.07) is 0.355. The number of carbonyl (C=O) groups is 5. The minimum absolute atomic E-state index is 0.0304. The molecule has 4 atom stereocenters. The topological polar surface area (TPSA) is 188 Å². The molecule has 4 amide bonds. The Balaban J connectivity index is 1.43. The molecule has 1 spiro atoms. The molecule has 4 N–H and O–H groups in total. The van der Waals surface area contributed by atoms with E-state index >= 15 is 0 Å². The predicted octanol–water partition coefficient (Wildman–Crippen LogP) is 2.90. The van der Waals surface area contributed by atoms with Crippen molar-refractivity contribution in [2.75, 3.05) is 20.8 Å². The number of primary amides is 1. The monoisotopic (exact) mass is 683 g/mol. The third kappa shape index (κ3) is 8.10. The molecule has 0 aromatic heterocycles. The molecule has 1 aromatic rings. The number of nitrogens with zero attached hydrogens (tertiary/aromatic N) is 2. The minimum Gasteiger partial charge on any atom is -0.496 e. The molecule has 0 bridgehead atoms. The molecule has 1 aromatic carbocycles. The first-order chi connectivity index (χ1) is 23.1. The van der Waals surface area contributed by atoms with Crippen molar-refractivity contribution in [2.45, 2.75) is 115 Å². The van der Waals surface area contributed by atoms with Gasteiger partial charge in [0.15, 0.2) is 5.60 Å². The molecule has 1 saturated heterocycles. The molecule has 2 heterocycles. The van der Waals surface area contributed by atoms with Gasteiger partial charge in [0.25, 0.3) is 5.91 Å². The van der Waals surface area contributed by atoms with E-state index < -0.39 is 58.7 Å². The SMILES string of the molecule is COc1cc(OC)c(C2=NO[C@]3(C2)C[C@@H](C(=O)N[C@@H](CC2CC2)C(=O)C(N)=O)N(C(=O)[C@@H](NC(=O)OC2CCCC2)C(C)(C)C)C3)cc1C. The average molecular weight is 684 g/mol. The standard InChI is InChI=1S/C35H49N5O9/c1-19-13-22(27(47-6)15-26(19)46-5)24-16-35(49-39-24)17-25(31(43)37-23(14-20-11-12-20)28(41)30(36)42)40(18-35)32(44)29(34(2,3)4)38-33(45)48-21-9-7-8-10-21/h13,15,20-21,23,25,29H,7-12,14,16-18H2,1-6H3,(H2,36,42)(H,37,43)(H,38,45)/t23-,25-,29+,35+/m0/s1. The average Bonchev–Trinajstić information content (AvgIpc) is 3.39. The smallest absolute Gasteiger partial charge is 0.408 e. The predicted molar refractivity (Wildman–Crippen MR) is 178 cm³/mol. The van der Waals surface area contributed by atoms with Gasteiger partial charge < -0.3 is 40.3 Å². The zero-order valence-electron chi connectivity index (χ0n) is 29.3. The summed E-state index contributed by atoms with van der Waals surface area (Å²) in [5.74, 6) is -1.81. The Labute approximate surface area is 286 Å². The van der Waals surface area contributed by atoms with Crippen molar-refractivity contribution in [1.29, 1.82) is 0 Å². The van der Waals surface area contributed by atoms with Crippen molar-refractivity contribution in [1.82, 2.24) is 15.5 Å². The quantitative estimate of drug-likeness (QED) is 0.278. The Morgan fingerprint density at radius 1 is 1.04 bits per heavy atom. The van der Waals surface area contributed by atoms with Gasteiger partial charge >= 0.3 is 6.09 Å². The van der Waals surface area contributed by atoms with Crippen LogP contribution in [0.4, 0.5) is 4.79 Å². The van der Waals surface area contributed by atoms with E-state index in [4.69, 9.17) is 24.8 Å². The van der Waals surface area contributed by atoms with Crippen LogP contribution in [-0.2, 0) is 28.8 Å². The molecule has 2 saturated carbocycles. The van der Waals surface area contributed by atoms with Crippen LogP contribution in [0.1, 0.15) is 89.7 Å². The number of alkyl carbamates (subject to hydrolysis) is 1. The molecule has 14 heteroatoms. The maximum Gasteiger partial charge on any atom is 0.408 e. The highest BCUT2D eigenvalue weighted by Gasteiger charge is 2.56. The van der Waals surface area contributed by atoms with Gasteiger partial charge in [-0.1, -0.05) is 38.8 Å². The lowest BCUT2D eigenvalue weighted by Crippen LogP contribution is -2.59. The van der Waals surface area contributed by atoms with Crippen LogP contribution in [0, 0.1) is 18.3 Å². The third-order valence-electron chi connectivity index (χ3n) is 9.95. The fourth-order valence-corrected chi connectivity index (χ4v) is 7.04. The Morgan fingerprint density at radius 3 is 2.31 bits per heavy atom. The highest BCUT2D eigenvalue weighted by atomic mass is 16.7. The van der Waals surface area contributed by atoms with E-state index in [0.717, 1.165) is 44.1 Å². The maximum absolute atomic E-state index is 14.5. The number of hydrogen-bond acceptors (Lipinski definition) is 10. The Kier molecular flexibility index (Phi) is 10.4. The summed E-state index contributed by atoms with van der Waals surface area (Å²) in [5.41, 5.74) is 5.57. The van der Waals surface area contributed by atoms with Gasteiger partial charge in [-0.25, -0.2) is 4.79 Å². The van der Waals surface area contributed by atoms with Crippen LogP contribution in [-0.4, -0.2) is 90.8 Å².